The van der Waals surface area contributed by atoms with Gasteiger partial charge in [-0.3, -0.25) is 9.35 Å². The van der Waals surface area contributed by atoms with Crippen LogP contribution in [-0.2, 0) is 10.1 Å². The van der Waals surface area contributed by atoms with Crippen LogP contribution < -0.4 is 10.1 Å². The molecule has 0 aromatic heterocycles. The molecule has 0 atom stereocenters. The number of benzene rings is 4. The molecule has 0 heterocycles. The number of nitrogens with zero attached hydrogens (tertiary/aromatic N) is 2. The minimum atomic E-state index is -4.54. The van der Waals surface area contributed by atoms with E-state index in [9.17, 15) is 22.9 Å². The second-order valence-corrected chi connectivity index (χ2v) is 10.3. The van der Waals surface area contributed by atoms with Gasteiger partial charge in [-0.2, -0.15) is 13.5 Å². The van der Waals surface area contributed by atoms with E-state index < -0.39 is 26.7 Å². The summed E-state index contributed by atoms with van der Waals surface area (Å²) >= 11 is 12.3. The van der Waals surface area contributed by atoms with Gasteiger partial charge < -0.3 is 15.2 Å². The van der Waals surface area contributed by atoms with Gasteiger partial charge in [0.25, 0.3) is 16.0 Å². The van der Waals surface area contributed by atoms with Crippen molar-refractivity contribution in [3.8, 4) is 11.5 Å². The molecule has 0 aliphatic carbocycles. The first kappa shape index (κ1) is 27.3. The van der Waals surface area contributed by atoms with E-state index in [0.29, 0.717) is 28.8 Å². The first-order valence-electron chi connectivity index (χ1n) is 11.2. The van der Waals surface area contributed by atoms with Gasteiger partial charge in [0.05, 0.1) is 33.6 Å². The van der Waals surface area contributed by atoms with Gasteiger partial charge in [-0.1, -0.05) is 47.5 Å². The third-order valence-corrected chi connectivity index (χ3v) is 7.26. The van der Waals surface area contributed by atoms with Crippen molar-refractivity contribution in [2.24, 2.45) is 10.2 Å². The minimum Gasteiger partial charge on any atom is -0.505 e. The molecule has 0 aliphatic heterocycles. The summed E-state index contributed by atoms with van der Waals surface area (Å²) in [4.78, 5) is 12.7. The van der Waals surface area contributed by atoms with E-state index in [0.717, 1.165) is 0 Å². The molecule has 0 aliphatic rings. The van der Waals surface area contributed by atoms with Gasteiger partial charge >= 0.3 is 0 Å². The van der Waals surface area contributed by atoms with Gasteiger partial charge in [-0.25, -0.2) is 0 Å². The van der Waals surface area contributed by atoms with Crippen molar-refractivity contribution in [2.75, 3.05) is 11.9 Å². The van der Waals surface area contributed by atoms with Gasteiger partial charge in [-0.05, 0) is 55.1 Å². The molecule has 38 heavy (non-hydrogen) atoms. The van der Waals surface area contributed by atoms with Crippen molar-refractivity contribution in [1.82, 2.24) is 0 Å². The lowest BCUT2D eigenvalue weighted by Gasteiger charge is -2.13. The highest BCUT2D eigenvalue weighted by molar-refractivity contribution is 7.86. The van der Waals surface area contributed by atoms with Crippen LogP contribution in [0.5, 0.6) is 11.5 Å². The van der Waals surface area contributed by atoms with Gasteiger partial charge in [0, 0.05) is 11.5 Å². The summed E-state index contributed by atoms with van der Waals surface area (Å²) in [7, 11) is -4.54. The predicted molar refractivity (Wildman–Crippen MR) is 146 cm³/mol. The highest BCUT2D eigenvalue weighted by atomic mass is 35.5. The van der Waals surface area contributed by atoms with Crippen molar-refractivity contribution >= 4 is 67.1 Å². The van der Waals surface area contributed by atoms with Crippen LogP contribution in [-0.4, -0.2) is 30.6 Å². The fraction of sp³-hybridized carbons (Fsp3) is 0.115. The van der Waals surface area contributed by atoms with Crippen LogP contribution >= 0.6 is 23.2 Å². The number of aromatic hydroxyl groups is 1. The zero-order valence-electron chi connectivity index (χ0n) is 20.1. The number of ether oxygens (including phenoxy) is 1. The maximum Gasteiger partial charge on any atom is 0.296 e. The van der Waals surface area contributed by atoms with Crippen LogP contribution in [0.1, 0.15) is 22.8 Å². The van der Waals surface area contributed by atoms with E-state index in [1.165, 1.54) is 25.1 Å². The molecule has 0 bridgehead atoms. The number of phenolic OH excluding ortho intramolecular Hbond substituents is 1. The molecule has 0 saturated carbocycles. The third-order valence-electron chi connectivity index (χ3n) is 5.48. The summed E-state index contributed by atoms with van der Waals surface area (Å²) in [5.74, 6) is -0.511. The zero-order chi connectivity index (χ0) is 27.6. The monoisotopic (exact) mass is 573 g/mol. The first-order chi connectivity index (χ1) is 18.0. The lowest BCUT2D eigenvalue weighted by atomic mass is 10.0. The number of hydrogen-bond donors (Lipinski definition) is 3. The second kappa shape index (κ2) is 11.0. The summed E-state index contributed by atoms with van der Waals surface area (Å²) in [5, 5.41) is 23.1. The third kappa shape index (κ3) is 5.73. The number of carbonyl (C=O) groups is 1. The topological polar surface area (TPSA) is 138 Å². The van der Waals surface area contributed by atoms with Crippen molar-refractivity contribution in [2.45, 2.75) is 18.7 Å². The number of amides is 1. The van der Waals surface area contributed by atoms with Crippen LogP contribution in [0.3, 0.4) is 0 Å². The summed E-state index contributed by atoms with van der Waals surface area (Å²) < 4.78 is 38.0. The molecule has 3 N–H and O–H groups in total. The van der Waals surface area contributed by atoms with E-state index in [1.54, 1.807) is 42.5 Å². The SMILES string of the molecule is CCOc1ccc(NC(=O)c2cc3ccccc3c(N=Nc3cc(C)c(S(=O)(=O)O)c(Cl)c3)c2O)c(Cl)c1. The molecule has 12 heteroatoms. The Bertz CT molecular complexity index is 1680. The quantitative estimate of drug-likeness (QED) is 0.155. The predicted octanol–water partition coefficient (Wildman–Crippen LogP) is 7.47. The van der Waals surface area contributed by atoms with Crippen LogP contribution in [0.2, 0.25) is 10.0 Å². The largest absolute Gasteiger partial charge is 0.505 e. The number of nitrogens with one attached hydrogen (secondary N) is 1. The molecule has 4 aromatic rings. The number of hydrogen-bond acceptors (Lipinski definition) is 7. The Morgan fingerprint density at radius 1 is 1.03 bits per heavy atom. The zero-order valence-corrected chi connectivity index (χ0v) is 22.4. The summed E-state index contributed by atoms with van der Waals surface area (Å²) in [6, 6.07) is 15.9. The number of rotatable bonds is 7. The molecule has 0 saturated heterocycles. The number of carbonyl (C=O) groups excluding carboxylic acids is 1. The van der Waals surface area contributed by atoms with E-state index in [-0.39, 0.29) is 32.5 Å². The van der Waals surface area contributed by atoms with Crippen LogP contribution in [0, 0.1) is 6.92 Å². The molecule has 4 rings (SSSR count). The lowest BCUT2D eigenvalue weighted by molar-refractivity contribution is 0.102. The molecular weight excluding hydrogens is 553 g/mol. The van der Waals surface area contributed by atoms with E-state index >= 15 is 0 Å². The summed E-state index contributed by atoms with van der Waals surface area (Å²) in [6.45, 7) is 3.74. The molecule has 0 unspecified atom stereocenters. The van der Waals surface area contributed by atoms with Crippen LogP contribution in [0.15, 0.2) is 75.8 Å². The summed E-state index contributed by atoms with van der Waals surface area (Å²) in [5.41, 5.74) is 0.583. The Balaban J connectivity index is 1.74. The maximum absolute atomic E-state index is 13.2. The number of anilines is 1. The van der Waals surface area contributed by atoms with Crippen molar-refractivity contribution in [3.63, 3.8) is 0 Å². The molecule has 0 fully saturated rings. The Kier molecular flexibility index (Phi) is 7.89. The van der Waals surface area contributed by atoms with Gasteiger partial charge in [0.15, 0.2) is 5.75 Å². The number of halogens is 2. The van der Waals surface area contributed by atoms with E-state index in [1.807, 2.05) is 6.92 Å². The highest BCUT2D eigenvalue weighted by Crippen LogP contribution is 2.40. The first-order valence-corrected chi connectivity index (χ1v) is 13.4. The normalized spacial score (nSPS) is 11.7. The van der Waals surface area contributed by atoms with Crippen molar-refractivity contribution < 1.29 is 27.6 Å². The fourth-order valence-electron chi connectivity index (χ4n) is 3.84. The molecular formula is C26H21Cl2N3O6S. The Morgan fingerprint density at radius 2 is 1.76 bits per heavy atom. The molecule has 196 valence electrons. The van der Waals surface area contributed by atoms with Crippen molar-refractivity contribution in [1.29, 1.82) is 0 Å². The van der Waals surface area contributed by atoms with E-state index in [2.05, 4.69) is 15.5 Å². The molecule has 9 nitrogen and oxygen atoms in total. The van der Waals surface area contributed by atoms with Crippen LogP contribution in [0.4, 0.5) is 17.1 Å². The number of fused-ring (bicyclic) bond motifs is 1. The number of aryl methyl sites for hydroxylation is 1. The maximum atomic E-state index is 13.2. The fourth-order valence-corrected chi connectivity index (χ4v) is 5.38. The second-order valence-electron chi connectivity index (χ2n) is 8.12. The minimum absolute atomic E-state index is 0.0127. The van der Waals surface area contributed by atoms with E-state index in [4.69, 9.17) is 27.9 Å². The molecule has 0 spiro atoms. The van der Waals surface area contributed by atoms with Crippen LogP contribution in [0.25, 0.3) is 10.8 Å². The highest BCUT2D eigenvalue weighted by Gasteiger charge is 2.21. The Hall–Kier alpha value is -3.70. The molecule has 4 aromatic carbocycles. The average molecular weight is 574 g/mol. The molecule has 1 amide bonds. The number of azo groups is 1. The Labute approximate surface area is 228 Å². The smallest absolute Gasteiger partial charge is 0.296 e. The average Bonchev–Trinajstić information content (AvgIpc) is 2.83. The Morgan fingerprint density at radius 3 is 2.42 bits per heavy atom. The van der Waals surface area contributed by atoms with Gasteiger partial charge in [0.1, 0.15) is 16.3 Å². The number of phenols is 1. The standard InChI is InChI=1S/C26H21Cl2N3O6S/c1-3-37-17-8-9-22(20(27)13-17)29-26(33)19-11-15-6-4-5-7-18(15)23(24(19)32)31-30-16-10-14(2)25(21(28)12-16)38(34,35)36/h4-13,32H,3H2,1-2H3,(H,29,33)(H,34,35,36). The molecule has 0 radical (unpaired) electrons. The summed E-state index contributed by atoms with van der Waals surface area (Å²) in [6.07, 6.45) is 0. The van der Waals surface area contributed by atoms with Crippen molar-refractivity contribution in [3.05, 3.63) is 81.8 Å². The van der Waals surface area contributed by atoms with Gasteiger partial charge in [0.2, 0.25) is 0 Å². The lowest BCUT2D eigenvalue weighted by Crippen LogP contribution is -2.12. The van der Waals surface area contributed by atoms with Gasteiger partial charge in [-0.15, -0.1) is 5.11 Å².